The molecule has 0 aliphatic carbocycles. The number of carbonyl (C=O) groups excluding carboxylic acids is 1. The lowest BCUT2D eigenvalue weighted by molar-refractivity contribution is 0.149. The number of nitrogens with one attached hydrogen (secondary N) is 2. The highest BCUT2D eigenvalue weighted by atomic mass is 16.5. The molecule has 1 aromatic heterocycles. The number of nitrogens with zero attached hydrogens (tertiary/aromatic N) is 2. The van der Waals surface area contributed by atoms with Crippen LogP contribution in [0.2, 0.25) is 0 Å². The highest BCUT2D eigenvalue weighted by molar-refractivity contribution is 5.77. The lowest BCUT2D eigenvalue weighted by Crippen LogP contribution is -2.46. The fourth-order valence-electron chi connectivity index (χ4n) is 3.84. The molecule has 2 heterocycles. The number of H-pyrrole nitrogens is 1. The van der Waals surface area contributed by atoms with Crippen molar-refractivity contribution in [2.24, 2.45) is 5.92 Å². The van der Waals surface area contributed by atoms with Gasteiger partial charge in [0.2, 0.25) is 0 Å². The molecule has 0 radical (unpaired) electrons. The van der Waals surface area contributed by atoms with Crippen LogP contribution in [0.1, 0.15) is 42.6 Å². The number of methoxy groups -OCH3 is 1. The minimum absolute atomic E-state index is 0.0502. The third kappa shape index (κ3) is 5.22. The van der Waals surface area contributed by atoms with Crippen LogP contribution in [0.25, 0.3) is 11.0 Å². The van der Waals surface area contributed by atoms with Crippen LogP contribution in [-0.2, 0) is 11.2 Å². The first-order valence-electron chi connectivity index (χ1n) is 10.0. The predicted molar refractivity (Wildman–Crippen MR) is 108 cm³/mol. The van der Waals surface area contributed by atoms with Crippen LogP contribution in [0, 0.1) is 19.8 Å². The van der Waals surface area contributed by atoms with E-state index in [1.54, 1.807) is 7.11 Å². The molecule has 27 heavy (non-hydrogen) atoms. The lowest BCUT2D eigenvalue weighted by atomic mass is 9.94. The molecule has 0 unspecified atom stereocenters. The van der Waals surface area contributed by atoms with Crippen molar-refractivity contribution < 1.29 is 9.53 Å². The van der Waals surface area contributed by atoms with Crippen molar-refractivity contribution in [3.8, 4) is 0 Å². The molecule has 1 aromatic carbocycles. The summed E-state index contributed by atoms with van der Waals surface area (Å²) in [4.78, 5) is 22.5. The summed E-state index contributed by atoms with van der Waals surface area (Å²) in [6.07, 6.45) is 5.22. The number of rotatable bonds is 7. The number of hydrogen-bond donors (Lipinski definition) is 2. The molecule has 1 atom stereocenters. The lowest BCUT2D eigenvalue weighted by Gasteiger charge is -2.32. The summed E-state index contributed by atoms with van der Waals surface area (Å²) in [6.45, 7) is 7.33. The minimum Gasteiger partial charge on any atom is -0.385 e. The van der Waals surface area contributed by atoms with E-state index in [1.165, 1.54) is 17.5 Å². The van der Waals surface area contributed by atoms with Crippen molar-refractivity contribution >= 4 is 17.1 Å². The molecule has 1 aliphatic heterocycles. The van der Waals surface area contributed by atoms with Gasteiger partial charge in [0.1, 0.15) is 5.82 Å². The van der Waals surface area contributed by atoms with E-state index in [-0.39, 0.29) is 6.03 Å². The SMILES string of the molecule is COCCC[C@H]1CCCN(C(=O)NCCc2nc3cc(C)c(C)cc3[nH]2)C1. The van der Waals surface area contributed by atoms with Crippen LogP contribution >= 0.6 is 0 Å². The number of likely N-dealkylation sites (tertiary alicyclic amines) is 1. The van der Waals surface area contributed by atoms with Gasteiger partial charge in [-0.1, -0.05) is 0 Å². The molecule has 0 spiro atoms. The van der Waals surface area contributed by atoms with Gasteiger partial charge in [0, 0.05) is 39.8 Å². The van der Waals surface area contributed by atoms with Gasteiger partial charge in [-0.15, -0.1) is 0 Å². The molecule has 0 saturated carbocycles. The zero-order valence-electron chi connectivity index (χ0n) is 16.8. The zero-order valence-corrected chi connectivity index (χ0v) is 16.8. The summed E-state index contributed by atoms with van der Waals surface area (Å²) in [5, 5.41) is 3.06. The number of amides is 2. The van der Waals surface area contributed by atoms with Crippen LogP contribution in [0.5, 0.6) is 0 Å². The molecule has 2 amide bonds. The number of urea groups is 1. The number of hydrogen-bond acceptors (Lipinski definition) is 3. The number of fused-ring (bicyclic) bond motifs is 1. The first kappa shape index (κ1) is 19.7. The number of benzene rings is 1. The molecule has 6 nitrogen and oxygen atoms in total. The molecular formula is C21H32N4O2. The van der Waals surface area contributed by atoms with E-state index in [4.69, 9.17) is 4.74 Å². The van der Waals surface area contributed by atoms with Crippen molar-refractivity contribution in [1.82, 2.24) is 20.2 Å². The summed E-state index contributed by atoms with van der Waals surface area (Å²) in [5.74, 6) is 1.52. The number of aromatic amines is 1. The van der Waals surface area contributed by atoms with Crippen molar-refractivity contribution in [2.45, 2.75) is 46.0 Å². The third-order valence-electron chi connectivity index (χ3n) is 5.55. The number of ether oxygens (including phenoxy) is 1. The Morgan fingerprint density at radius 2 is 2.19 bits per heavy atom. The Balaban J connectivity index is 1.46. The van der Waals surface area contributed by atoms with Crippen molar-refractivity contribution in [1.29, 1.82) is 0 Å². The highest BCUT2D eigenvalue weighted by Gasteiger charge is 2.23. The maximum absolute atomic E-state index is 12.5. The number of aromatic nitrogens is 2. The van der Waals surface area contributed by atoms with Crippen LogP contribution in [0.3, 0.4) is 0 Å². The number of carbonyl (C=O) groups is 1. The summed E-state index contributed by atoms with van der Waals surface area (Å²) in [6, 6.07) is 4.30. The van der Waals surface area contributed by atoms with E-state index < -0.39 is 0 Å². The molecule has 2 N–H and O–H groups in total. The molecule has 2 aromatic rings. The largest absolute Gasteiger partial charge is 0.385 e. The van der Waals surface area contributed by atoms with E-state index in [9.17, 15) is 4.79 Å². The second kappa shape index (κ2) is 9.22. The van der Waals surface area contributed by atoms with Crippen LogP contribution in [0.15, 0.2) is 12.1 Å². The molecule has 148 valence electrons. The van der Waals surface area contributed by atoms with Gasteiger partial charge >= 0.3 is 6.03 Å². The second-order valence-electron chi connectivity index (χ2n) is 7.71. The summed E-state index contributed by atoms with van der Waals surface area (Å²) < 4.78 is 5.14. The Morgan fingerprint density at radius 1 is 1.37 bits per heavy atom. The maximum atomic E-state index is 12.5. The average Bonchev–Trinajstić information content (AvgIpc) is 3.04. The van der Waals surface area contributed by atoms with E-state index in [0.717, 1.165) is 55.8 Å². The first-order valence-corrected chi connectivity index (χ1v) is 10.0. The van der Waals surface area contributed by atoms with Gasteiger partial charge in [0.25, 0.3) is 0 Å². The Kier molecular flexibility index (Phi) is 6.72. The molecular weight excluding hydrogens is 340 g/mol. The van der Waals surface area contributed by atoms with E-state index >= 15 is 0 Å². The van der Waals surface area contributed by atoms with Gasteiger partial charge in [-0.3, -0.25) is 0 Å². The summed E-state index contributed by atoms with van der Waals surface area (Å²) in [7, 11) is 1.74. The smallest absolute Gasteiger partial charge is 0.317 e. The Bertz CT molecular complexity index is 732. The second-order valence-corrected chi connectivity index (χ2v) is 7.71. The predicted octanol–water partition coefficient (Wildman–Crippen LogP) is 3.57. The summed E-state index contributed by atoms with van der Waals surface area (Å²) in [5.41, 5.74) is 4.57. The van der Waals surface area contributed by atoms with Crippen LogP contribution < -0.4 is 5.32 Å². The molecule has 1 aliphatic rings. The summed E-state index contributed by atoms with van der Waals surface area (Å²) >= 11 is 0. The fraction of sp³-hybridized carbons (Fsp3) is 0.619. The van der Waals surface area contributed by atoms with Crippen LogP contribution in [-0.4, -0.2) is 54.2 Å². The number of aryl methyl sites for hydroxylation is 2. The Hall–Kier alpha value is -2.08. The zero-order chi connectivity index (χ0) is 19.2. The van der Waals surface area contributed by atoms with Gasteiger partial charge in [-0.25, -0.2) is 9.78 Å². The van der Waals surface area contributed by atoms with Crippen molar-refractivity contribution in [2.75, 3.05) is 33.4 Å². The molecule has 6 heteroatoms. The fourth-order valence-corrected chi connectivity index (χ4v) is 3.84. The van der Waals surface area contributed by atoms with Gasteiger partial charge in [-0.2, -0.15) is 0 Å². The number of piperidine rings is 1. The standard InChI is InChI=1S/C21H32N4O2/c1-15-12-18-19(13-16(15)2)24-20(23-18)8-9-22-21(26)25-10-4-6-17(14-25)7-5-11-27-3/h12-13,17H,4-11,14H2,1-3H3,(H,22,26)(H,23,24)/t17-/m1/s1. The van der Waals surface area contributed by atoms with E-state index in [1.807, 2.05) is 4.90 Å². The van der Waals surface area contributed by atoms with Gasteiger partial charge in [0.05, 0.1) is 11.0 Å². The molecule has 1 saturated heterocycles. The average molecular weight is 373 g/mol. The molecule has 3 rings (SSSR count). The molecule has 1 fully saturated rings. The van der Waals surface area contributed by atoms with Crippen LogP contribution in [0.4, 0.5) is 4.79 Å². The number of imidazole rings is 1. The Morgan fingerprint density at radius 3 is 3.00 bits per heavy atom. The topological polar surface area (TPSA) is 70.2 Å². The van der Waals surface area contributed by atoms with Crippen molar-refractivity contribution in [3.63, 3.8) is 0 Å². The van der Waals surface area contributed by atoms with E-state index in [2.05, 4.69) is 41.3 Å². The van der Waals surface area contributed by atoms with Gasteiger partial charge in [0.15, 0.2) is 0 Å². The van der Waals surface area contributed by atoms with E-state index in [0.29, 0.717) is 18.9 Å². The molecule has 0 bridgehead atoms. The highest BCUT2D eigenvalue weighted by Crippen LogP contribution is 2.21. The maximum Gasteiger partial charge on any atom is 0.317 e. The van der Waals surface area contributed by atoms with Gasteiger partial charge < -0.3 is 19.9 Å². The minimum atomic E-state index is 0.0502. The Labute approximate surface area is 161 Å². The third-order valence-corrected chi connectivity index (χ3v) is 5.55. The van der Waals surface area contributed by atoms with Crippen molar-refractivity contribution in [3.05, 3.63) is 29.1 Å². The monoisotopic (exact) mass is 372 g/mol. The van der Waals surface area contributed by atoms with Gasteiger partial charge in [-0.05, 0) is 68.7 Å². The first-order chi connectivity index (χ1) is 13.1. The normalized spacial score (nSPS) is 17.4. The quantitative estimate of drug-likeness (QED) is 0.730.